The van der Waals surface area contributed by atoms with E-state index in [-0.39, 0.29) is 66.8 Å². The molecule has 13 heteroatoms. The van der Waals surface area contributed by atoms with E-state index < -0.39 is 17.5 Å². The monoisotopic (exact) mass is 609 g/mol. The van der Waals surface area contributed by atoms with E-state index in [2.05, 4.69) is 10.6 Å². The lowest BCUT2D eigenvalue weighted by Gasteiger charge is -2.63. The molecule has 220 valence electrons. The summed E-state index contributed by atoms with van der Waals surface area (Å²) in [6, 6.07) is 8.68. The van der Waals surface area contributed by atoms with Crippen LogP contribution in [0.5, 0.6) is 11.5 Å². The van der Waals surface area contributed by atoms with Gasteiger partial charge in [-0.3, -0.25) is 14.4 Å². The molecule has 0 aromatic heterocycles. The van der Waals surface area contributed by atoms with Gasteiger partial charge in [-0.05, 0) is 49.6 Å². The van der Waals surface area contributed by atoms with E-state index in [1.807, 2.05) is 0 Å². The first-order valence-electron chi connectivity index (χ1n) is 13.2. The molecule has 0 bridgehead atoms. The first kappa shape index (κ1) is 29.4. The molecule has 1 heterocycles. The fourth-order valence-electron chi connectivity index (χ4n) is 5.54. The lowest BCUT2D eigenvalue weighted by Crippen LogP contribution is -2.76. The minimum absolute atomic E-state index is 0.00641. The van der Waals surface area contributed by atoms with E-state index in [4.69, 9.17) is 42.1 Å². The topological polar surface area (TPSA) is 115 Å². The van der Waals surface area contributed by atoms with E-state index in [1.54, 1.807) is 25.3 Å². The number of nitrogens with zero attached hydrogens (tertiary/aromatic N) is 1. The van der Waals surface area contributed by atoms with Crippen molar-refractivity contribution in [2.24, 2.45) is 5.92 Å². The number of halogens is 3. The van der Waals surface area contributed by atoms with Gasteiger partial charge in [0.25, 0.3) is 17.7 Å². The molecule has 0 spiro atoms. The summed E-state index contributed by atoms with van der Waals surface area (Å²) in [4.78, 5) is 40.2. The second-order valence-corrected chi connectivity index (χ2v) is 11.1. The molecule has 2 fully saturated rings. The fraction of sp³-hybridized carbons (Fsp3) is 0.464. The van der Waals surface area contributed by atoms with Gasteiger partial charge in [0, 0.05) is 35.7 Å². The highest BCUT2D eigenvalue weighted by Crippen LogP contribution is 2.54. The summed E-state index contributed by atoms with van der Waals surface area (Å²) in [6.07, 6.45) is 1.24. The summed E-state index contributed by atoms with van der Waals surface area (Å²) in [5.41, 5.74) is 0.0527. The first-order valence-corrected chi connectivity index (χ1v) is 14.0. The van der Waals surface area contributed by atoms with Crippen LogP contribution in [0.3, 0.4) is 0 Å². The molecular weight excluding hydrogens is 580 g/mol. The number of anilines is 1. The number of nitrogens with one attached hydrogen (secondary N) is 2. The number of carbonyl (C=O) groups is 3. The predicted molar refractivity (Wildman–Crippen MR) is 148 cm³/mol. The van der Waals surface area contributed by atoms with Gasteiger partial charge in [0.2, 0.25) is 0 Å². The largest absolute Gasteiger partial charge is 0.484 e. The Hall–Kier alpha value is -3.12. The number of methoxy groups -OCH3 is 1. The molecule has 2 aliphatic carbocycles. The zero-order chi connectivity index (χ0) is 29.1. The van der Waals surface area contributed by atoms with Crippen molar-refractivity contribution in [1.82, 2.24) is 10.6 Å². The van der Waals surface area contributed by atoms with Gasteiger partial charge in [-0.1, -0.05) is 23.2 Å². The number of rotatable bonds is 11. The van der Waals surface area contributed by atoms with E-state index in [9.17, 15) is 18.8 Å². The van der Waals surface area contributed by atoms with Crippen molar-refractivity contribution in [1.29, 1.82) is 0 Å². The van der Waals surface area contributed by atoms with Crippen LogP contribution in [0.2, 0.25) is 10.0 Å². The molecule has 3 aliphatic rings. The molecule has 3 amide bonds. The Morgan fingerprint density at radius 2 is 1.98 bits per heavy atom. The van der Waals surface area contributed by atoms with Crippen LogP contribution >= 0.6 is 23.2 Å². The van der Waals surface area contributed by atoms with Gasteiger partial charge in [0.1, 0.15) is 23.9 Å². The van der Waals surface area contributed by atoms with Crippen molar-refractivity contribution in [2.45, 2.75) is 36.9 Å². The number of ether oxygens (including phenoxy) is 4. The smallest absolute Gasteiger partial charge is 0.263 e. The van der Waals surface area contributed by atoms with E-state index >= 15 is 0 Å². The molecule has 2 aromatic rings. The van der Waals surface area contributed by atoms with E-state index in [1.165, 1.54) is 17.0 Å². The zero-order valence-electron chi connectivity index (χ0n) is 22.3. The molecule has 0 saturated heterocycles. The van der Waals surface area contributed by atoms with Crippen molar-refractivity contribution in [3.05, 3.63) is 52.3 Å². The van der Waals surface area contributed by atoms with Crippen molar-refractivity contribution in [2.75, 3.05) is 45.0 Å². The Morgan fingerprint density at radius 1 is 1.15 bits per heavy atom. The van der Waals surface area contributed by atoms with Gasteiger partial charge < -0.3 is 34.5 Å². The van der Waals surface area contributed by atoms with Crippen molar-refractivity contribution < 1.29 is 37.7 Å². The predicted octanol–water partition coefficient (Wildman–Crippen LogP) is 3.12. The summed E-state index contributed by atoms with van der Waals surface area (Å²) in [7, 11) is 1.54. The van der Waals surface area contributed by atoms with Crippen LogP contribution < -0.4 is 25.0 Å². The SMILES string of the molecule is COCCOCC(=O)N1CC(C(=O)NC2CC3(NC(=O)COc4ccc(Cl)c(F)c4)CCC23)Oc2ccc(Cl)cc21. The van der Waals surface area contributed by atoms with Gasteiger partial charge in [-0.25, -0.2) is 4.39 Å². The average Bonchev–Trinajstić information content (AvgIpc) is 2.94. The van der Waals surface area contributed by atoms with Gasteiger partial charge in [-0.15, -0.1) is 0 Å². The van der Waals surface area contributed by atoms with Crippen LogP contribution in [-0.2, 0) is 23.9 Å². The lowest BCUT2D eigenvalue weighted by atomic mass is 9.50. The number of hydrogen-bond acceptors (Lipinski definition) is 7. The quantitative estimate of drug-likeness (QED) is 0.376. The van der Waals surface area contributed by atoms with Gasteiger partial charge in [-0.2, -0.15) is 0 Å². The molecule has 0 radical (unpaired) electrons. The van der Waals surface area contributed by atoms with Crippen LogP contribution in [0.15, 0.2) is 36.4 Å². The molecule has 10 nitrogen and oxygen atoms in total. The molecule has 2 aromatic carbocycles. The molecule has 2 N–H and O–H groups in total. The summed E-state index contributed by atoms with van der Waals surface area (Å²) >= 11 is 11.8. The van der Waals surface area contributed by atoms with Crippen molar-refractivity contribution in [3.63, 3.8) is 0 Å². The maximum Gasteiger partial charge on any atom is 0.263 e. The zero-order valence-corrected chi connectivity index (χ0v) is 23.8. The third kappa shape index (κ3) is 6.38. The molecule has 4 atom stereocenters. The molecular formula is C28H30Cl2FN3O7. The Balaban J connectivity index is 1.15. The Morgan fingerprint density at radius 3 is 2.68 bits per heavy atom. The summed E-state index contributed by atoms with van der Waals surface area (Å²) in [5.74, 6) is -1.02. The normalized spacial score (nSPS) is 24.1. The summed E-state index contributed by atoms with van der Waals surface area (Å²) < 4.78 is 35.3. The van der Waals surface area contributed by atoms with E-state index in [0.717, 1.165) is 18.9 Å². The molecule has 5 rings (SSSR count). The highest BCUT2D eigenvalue weighted by molar-refractivity contribution is 6.31. The van der Waals surface area contributed by atoms with Gasteiger partial charge in [0.15, 0.2) is 12.7 Å². The average molecular weight is 610 g/mol. The minimum Gasteiger partial charge on any atom is -0.484 e. The molecule has 2 saturated carbocycles. The standard InChI is InChI=1S/C28H30Cl2FN3O7/c1-38-8-9-39-15-26(36)34-13-24(41-23-5-2-16(29)10-22(23)34)27(37)32-21-12-28(7-6-18(21)28)33-25(35)14-40-17-3-4-19(30)20(31)11-17/h2-5,10-11,18,21,24H,6-9,12-15H2,1H3,(H,32,37)(H,33,35). The fourth-order valence-corrected chi connectivity index (χ4v) is 5.83. The maximum atomic E-state index is 13.6. The van der Waals surface area contributed by atoms with Crippen LogP contribution in [0.1, 0.15) is 19.3 Å². The summed E-state index contributed by atoms with van der Waals surface area (Å²) in [5, 5.41) is 6.46. The third-order valence-electron chi connectivity index (χ3n) is 7.74. The van der Waals surface area contributed by atoms with Crippen molar-refractivity contribution >= 4 is 46.6 Å². The highest BCUT2D eigenvalue weighted by Gasteiger charge is 2.61. The molecule has 1 aliphatic heterocycles. The Kier molecular flexibility index (Phi) is 8.88. The second kappa shape index (κ2) is 12.4. The van der Waals surface area contributed by atoms with Crippen LogP contribution in [0.4, 0.5) is 10.1 Å². The Labute approximate surface area is 246 Å². The third-order valence-corrected chi connectivity index (χ3v) is 8.28. The Bertz CT molecular complexity index is 1330. The second-order valence-electron chi connectivity index (χ2n) is 10.3. The van der Waals surface area contributed by atoms with Crippen LogP contribution in [-0.4, -0.2) is 75.5 Å². The maximum absolute atomic E-state index is 13.6. The van der Waals surface area contributed by atoms with Crippen LogP contribution in [0, 0.1) is 11.7 Å². The van der Waals surface area contributed by atoms with Crippen molar-refractivity contribution in [3.8, 4) is 11.5 Å². The van der Waals surface area contributed by atoms with Gasteiger partial charge in [0.05, 0.1) is 30.5 Å². The molecule has 41 heavy (non-hydrogen) atoms. The lowest BCUT2D eigenvalue weighted by molar-refractivity contribution is -0.140. The van der Waals surface area contributed by atoms with E-state index in [0.29, 0.717) is 29.5 Å². The minimum atomic E-state index is -0.940. The number of fused-ring (bicyclic) bond motifs is 2. The molecule has 4 unspecified atom stereocenters. The summed E-state index contributed by atoms with van der Waals surface area (Å²) in [6.45, 7) is 0.140. The number of benzene rings is 2. The number of amides is 3. The van der Waals surface area contributed by atoms with Gasteiger partial charge >= 0.3 is 0 Å². The highest BCUT2D eigenvalue weighted by atomic mass is 35.5. The number of carbonyl (C=O) groups excluding carboxylic acids is 3. The number of hydrogen-bond donors (Lipinski definition) is 2. The first-order chi connectivity index (χ1) is 19.7. The van der Waals surface area contributed by atoms with Crippen LogP contribution in [0.25, 0.3) is 0 Å².